The van der Waals surface area contributed by atoms with Gasteiger partial charge in [0.15, 0.2) is 6.10 Å². The fourth-order valence-corrected chi connectivity index (χ4v) is 2.25. The molecular formula is C18H28N4O4. The van der Waals surface area contributed by atoms with Crippen LogP contribution in [0.4, 0.5) is 4.79 Å². The summed E-state index contributed by atoms with van der Waals surface area (Å²) >= 11 is 0. The molecule has 3 atom stereocenters. The van der Waals surface area contributed by atoms with Crippen LogP contribution < -0.4 is 26.6 Å². The lowest BCUT2D eigenvalue weighted by molar-refractivity contribution is -0.133. The highest BCUT2D eigenvalue weighted by atomic mass is 16.5. The fraction of sp³-hybridized carbons (Fsp3) is 0.500. The highest BCUT2D eigenvalue weighted by Gasteiger charge is 2.26. The summed E-state index contributed by atoms with van der Waals surface area (Å²) in [5, 5.41) is 2.38. The van der Waals surface area contributed by atoms with Crippen LogP contribution in [-0.2, 0) is 9.59 Å². The zero-order valence-corrected chi connectivity index (χ0v) is 15.9. The molecular weight excluding hydrogens is 336 g/mol. The van der Waals surface area contributed by atoms with E-state index >= 15 is 0 Å². The number of ether oxygens (including phenoxy) is 1. The van der Waals surface area contributed by atoms with Gasteiger partial charge in [0.2, 0.25) is 0 Å². The van der Waals surface area contributed by atoms with E-state index in [0.29, 0.717) is 12.2 Å². The van der Waals surface area contributed by atoms with Crippen LogP contribution in [0.25, 0.3) is 0 Å². The quantitative estimate of drug-likeness (QED) is 0.545. The minimum atomic E-state index is -0.840. The first kappa shape index (κ1) is 21.3. The van der Waals surface area contributed by atoms with E-state index in [4.69, 9.17) is 10.5 Å². The number of carbonyl (C=O) groups excluding carboxylic acids is 3. The zero-order valence-electron chi connectivity index (χ0n) is 15.9. The maximum absolute atomic E-state index is 12.2. The van der Waals surface area contributed by atoms with Gasteiger partial charge in [0.05, 0.1) is 0 Å². The molecule has 0 spiro atoms. The van der Waals surface area contributed by atoms with Gasteiger partial charge < -0.3 is 15.8 Å². The maximum Gasteiger partial charge on any atom is 0.312 e. The third-order valence-electron chi connectivity index (χ3n) is 4.33. The molecule has 1 aromatic carbocycles. The van der Waals surface area contributed by atoms with E-state index in [9.17, 15) is 14.4 Å². The lowest BCUT2D eigenvalue weighted by Crippen LogP contribution is -2.57. The molecule has 0 aromatic heterocycles. The third kappa shape index (κ3) is 5.94. The van der Waals surface area contributed by atoms with Gasteiger partial charge in [-0.3, -0.25) is 20.4 Å². The van der Waals surface area contributed by atoms with Crippen molar-refractivity contribution in [1.82, 2.24) is 16.2 Å². The van der Waals surface area contributed by atoms with Crippen LogP contribution in [0.2, 0.25) is 0 Å². The van der Waals surface area contributed by atoms with Crippen LogP contribution in [0.1, 0.15) is 38.3 Å². The van der Waals surface area contributed by atoms with E-state index in [1.54, 1.807) is 19.9 Å². The Labute approximate surface area is 153 Å². The molecule has 8 heteroatoms. The summed E-state index contributed by atoms with van der Waals surface area (Å²) in [6.07, 6.45) is -0.166. The van der Waals surface area contributed by atoms with E-state index in [0.717, 1.165) is 11.1 Å². The molecule has 0 bridgehead atoms. The smallest absolute Gasteiger partial charge is 0.312 e. The molecule has 144 valence electrons. The molecule has 0 radical (unpaired) electrons. The molecule has 0 unspecified atom stereocenters. The van der Waals surface area contributed by atoms with Crippen molar-refractivity contribution >= 4 is 17.8 Å². The van der Waals surface area contributed by atoms with Gasteiger partial charge in [0.1, 0.15) is 11.8 Å². The van der Waals surface area contributed by atoms with E-state index in [2.05, 4.69) is 16.2 Å². The Balaban J connectivity index is 2.64. The van der Waals surface area contributed by atoms with Gasteiger partial charge in [-0.25, -0.2) is 4.79 Å². The molecule has 5 N–H and O–H groups in total. The molecule has 0 fully saturated rings. The molecule has 26 heavy (non-hydrogen) atoms. The van der Waals surface area contributed by atoms with E-state index in [-0.39, 0.29) is 5.92 Å². The first-order valence-electron chi connectivity index (χ1n) is 8.55. The van der Waals surface area contributed by atoms with Gasteiger partial charge in [0.25, 0.3) is 11.8 Å². The number of primary amides is 1. The minimum Gasteiger partial charge on any atom is -0.481 e. The van der Waals surface area contributed by atoms with Gasteiger partial charge in [-0.05, 0) is 43.9 Å². The van der Waals surface area contributed by atoms with Gasteiger partial charge in [0, 0.05) is 0 Å². The number of hydrogen-bond acceptors (Lipinski definition) is 4. The summed E-state index contributed by atoms with van der Waals surface area (Å²) in [5.41, 5.74) is 11.7. The molecule has 0 heterocycles. The maximum atomic E-state index is 12.2. The van der Waals surface area contributed by atoms with E-state index < -0.39 is 30.0 Å². The van der Waals surface area contributed by atoms with Crippen molar-refractivity contribution in [3.8, 4) is 5.75 Å². The summed E-state index contributed by atoms with van der Waals surface area (Å²) in [6.45, 7) is 9.12. The molecule has 0 saturated heterocycles. The van der Waals surface area contributed by atoms with Crippen LogP contribution in [0.5, 0.6) is 5.75 Å². The summed E-state index contributed by atoms with van der Waals surface area (Å²) < 4.78 is 5.66. The highest BCUT2D eigenvalue weighted by molar-refractivity contribution is 5.89. The number of amides is 4. The van der Waals surface area contributed by atoms with Crippen molar-refractivity contribution < 1.29 is 19.1 Å². The number of nitrogens with two attached hydrogens (primary N) is 1. The van der Waals surface area contributed by atoms with Crippen LogP contribution in [0, 0.1) is 19.8 Å². The van der Waals surface area contributed by atoms with Crippen LogP contribution in [0.15, 0.2) is 18.2 Å². The highest BCUT2D eigenvalue weighted by Crippen LogP contribution is 2.21. The number of hydrogen-bond donors (Lipinski definition) is 4. The topological polar surface area (TPSA) is 123 Å². The second kappa shape index (κ2) is 9.65. The molecule has 0 aliphatic rings. The second-order valence-electron chi connectivity index (χ2n) is 6.31. The zero-order chi connectivity index (χ0) is 19.9. The molecule has 4 amide bonds. The standard InChI is InChI=1S/C18H28N4O4/c1-6-10(2)15(20-18(19)25)17(24)22-21-16(23)13(5)26-14-9-7-8-11(3)12(14)4/h7-10,13,15H,6H2,1-5H3,(H,21,23)(H,22,24)(H3,19,20,25)/t10-,13-,15-/m0/s1. The predicted molar refractivity (Wildman–Crippen MR) is 98.3 cm³/mol. The summed E-state index contributed by atoms with van der Waals surface area (Å²) in [5.74, 6) is -0.610. The number of carbonyl (C=O) groups is 3. The van der Waals surface area contributed by atoms with E-state index in [1.807, 2.05) is 32.9 Å². The average molecular weight is 364 g/mol. The Kier molecular flexibility index (Phi) is 7.89. The number of urea groups is 1. The van der Waals surface area contributed by atoms with Crippen LogP contribution in [-0.4, -0.2) is 30.0 Å². The normalized spacial score (nSPS) is 13.9. The predicted octanol–water partition coefficient (Wildman–Crippen LogP) is 1.30. The number of nitrogens with one attached hydrogen (secondary N) is 3. The van der Waals surface area contributed by atoms with Crippen molar-refractivity contribution in [2.45, 2.75) is 53.2 Å². The minimum absolute atomic E-state index is 0.150. The summed E-state index contributed by atoms with van der Waals surface area (Å²) in [4.78, 5) is 35.5. The number of hydrazine groups is 1. The number of aryl methyl sites for hydroxylation is 1. The van der Waals surface area contributed by atoms with Gasteiger partial charge in [-0.1, -0.05) is 32.4 Å². The summed E-state index contributed by atoms with van der Waals surface area (Å²) in [6, 6.07) is 3.93. The molecule has 0 aliphatic heterocycles. The number of benzene rings is 1. The molecule has 1 aromatic rings. The van der Waals surface area contributed by atoms with Crippen molar-refractivity contribution in [2.75, 3.05) is 0 Å². The Bertz CT molecular complexity index is 663. The molecule has 8 nitrogen and oxygen atoms in total. The lowest BCUT2D eigenvalue weighted by atomic mass is 9.99. The van der Waals surface area contributed by atoms with Crippen molar-refractivity contribution in [3.05, 3.63) is 29.3 Å². The first-order chi connectivity index (χ1) is 12.2. The van der Waals surface area contributed by atoms with Crippen molar-refractivity contribution in [2.24, 2.45) is 11.7 Å². The Morgan fingerprint density at radius 2 is 1.73 bits per heavy atom. The van der Waals surface area contributed by atoms with Crippen molar-refractivity contribution in [1.29, 1.82) is 0 Å². The van der Waals surface area contributed by atoms with Gasteiger partial charge in [-0.15, -0.1) is 0 Å². The average Bonchev–Trinajstić information content (AvgIpc) is 2.60. The second-order valence-corrected chi connectivity index (χ2v) is 6.31. The summed E-state index contributed by atoms with van der Waals surface area (Å²) in [7, 11) is 0. The molecule has 1 rings (SSSR count). The Morgan fingerprint density at radius 1 is 1.12 bits per heavy atom. The Hall–Kier alpha value is -2.77. The number of rotatable bonds is 7. The SMILES string of the molecule is CC[C@H](C)[C@H](NC(N)=O)C(=O)NNC(=O)[C@H](C)Oc1cccc(C)c1C. The fourth-order valence-electron chi connectivity index (χ4n) is 2.25. The van der Waals surface area contributed by atoms with E-state index in [1.165, 1.54) is 0 Å². The van der Waals surface area contributed by atoms with Gasteiger partial charge >= 0.3 is 6.03 Å². The molecule has 0 saturated carbocycles. The van der Waals surface area contributed by atoms with Gasteiger partial charge in [-0.2, -0.15) is 0 Å². The first-order valence-corrected chi connectivity index (χ1v) is 8.55. The Morgan fingerprint density at radius 3 is 2.31 bits per heavy atom. The largest absolute Gasteiger partial charge is 0.481 e. The monoisotopic (exact) mass is 364 g/mol. The third-order valence-corrected chi connectivity index (χ3v) is 4.33. The lowest BCUT2D eigenvalue weighted by Gasteiger charge is -2.23. The van der Waals surface area contributed by atoms with Crippen LogP contribution >= 0.6 is 0 Å². The van der Waals surface area contributed by atoms with Crippen LogP contribution in [0.3, 0.4) is 0 Å². The molecule has 0 aliphatic carbocycles. The van der Waals surface area contributed by atoms with Crippen molar-refractivity contribution in [3.63, 3.8) is 0 Å².